The van der Waals surface area contributed by atoms with Crippen molar-refractivity contribution < 1.29 is 61.9 Å². The van der Waals surface area contributed by atoms with Gasteiger partial charge in [0.1, 0.15) is 17.2 Å². The van der Waals surface area contributed by atoms with Crippen molar-refractivity contribution in [3.05, 3.63) is 29.8 Å². The summed E-state index contributed by atoms with van der Waals surface area (Å²) in [6.07, 6.45) is 17.5. The summed E-state index contributed by atoms with van der Waals surface area (Å²) >= 11 is 0. The Morgan fingerprint density at radius 1 is 0.412 bits per heavy atom. The first-order valence-corrected chi connectivity index (χ1v) is 26.3. The molecule has 0 aromatic heterocycles. The molecular formula is C55H78O13. The fourth-order valence-corrected chi connectivity index (χ4v) is 11.3. The highest BCUT2D eigenvalue weighted by atomic mass is 16.6. The summed E-state index contributed by atoms with van der Waals surface area (Å²) in [6, 6.07) is 7.31. The summed E-state index contributed by atoms with van der Waals surface area (Å²) in [5.74, 6) is 1.81. The highest BCUT2D eigenvalue weighted by Crippen LogP contribution is 2.46. The number of esters is 6. The minimum Gasteiger partial charge on any atom is -0.493 e. The first-order chi connectivity index (χ1) is 33.0. The minimum absolute atomic E-state index is 0.0648. The van der Waals surface area contributed by atoms with Crippen LogP contribution in [-0.4, -0.2) is 68.9 Å². The van der Waals surface area contributed by atoms with Crippen LogP contribution < -0.4 is 14.2 Å². The molecule has 0 atom stereocenters. The molecule has 0 saturated heterocycles. The van der Waals surface area contributed by atoms with Crippen LogP contribution in [0, 0.1) is 54.3 Å². The largest absolute Gasteiger partial charge is 0.493 e. The van der Waals surface area contributed by atoms with Gasteiger partial charge in [-0.05, 0) is 190 Å². The standard InChI is InChI=1S/C55H78O13/c1-5-48(56)63-32-8-10-34-65-52(58)41-21-13-37(14-22-41)39-17-25-43(26-18-39)54(60)67-46-30-31-47(51-45(62-7-3)29-12-36(4)50(46)51)68-55(61)44-27-19-40(20-28-44)38-15-23-42(24-16-38)53(59)66-35-11-9-33-64-49(57)6-2/h12,29-31,37-44H,5-11,13-28,32-35H2,1-4H3. The average Bonchev–Trinajstić information content (AvgIpc) is 3.37. The van der Waals surface area contributed by atoms with E-state index in [0.717, 1.165) is 108 Å². The Balaban J connectivity index is 0.944. The van der Waals surface area contributed by atoms with Gasteiger partial charge in [-0.3, -0.25) is 28.8 Å². The van der Waals surface area contributed by atoms with Gasteiger partial charge < -0.3 is 33.2 Å². The monoisotopic (exact) mass is 947 g/mol. The maximum absolute atomic E-state index is 13.8. The predicted octanol–water partition coefficient (Wildman–Crippen LogP) is 11.1. The van der Waals surface area contributed by atoms with Gasteiger partial charge in [0.05, 0.1) is 62.1 Å². The maximum Gasteiger partial charge on any atom is 0.314 e. The van der Waals surface area contributed by atoms with Gasteiger partial charge >= 0.3 is 35.8 Å². The van der Waals surface area contributed by atoms with Crippen LogP contribution >= 0.6 is 0 Å². The Morgan fingerprint density at radius 2 is 0.735 bits per heavy atom. The number of carbonyl (C=O) groups excluding carboxylic acids is 6. The molecule has 4 saturated carbocycles. The summed E-state index contributed by atoms with van der Waals surface area (Å²) in [4.78, 5) is 75.7. The lowest BCUT2D eigenvalue weighted by atomic mass is 9.69. The summed E-state index contributed by atoms with van der Waals surface area (Å²) in [7, 11) is 0. The number of unbranched alkanes of at least 4 members (excludes halogenated alkanes) is 2. The van der Waals surface area contributed by atoms with Crippen molar-refractivity contribution in [3.63, 3.8) is 0 Å². The molecule has 0 spiro atoms. The zero-order chi connectivity index (χ0) is 48.4. The van der Waals surface area contributed by atoms with Crippen molar-refractivity contribution in [2.24, 2.45) is 47.3 Å². The summed E-state index contributed by atoms with van der Waals surface area (Å²) in [6.45, 7) is 9.23. The van der Waals surface area contributed by atoms with E-state index < -0.39 is 0 Å². The quantitative estimate of drug-likeness (QED) is 0.0474. The van der Waals surface area contributed by atoms with Crippen LogP contribution in [0.3, 0.4) is 0 Å². The first-order valence-electron chi connectivity index (χ1n) is 26.3. The van der Waals surface area contributed by atoms with Gasteiger partial charge in [-0.1, -0.05) is 19.9 Å². The highest BCUT2D eigenvalue weighted by molar-refractivity contribution is 6.02. The van der Waals surface area contributed by atoms with Gasteiger partial charge in [-0.25, -0.2) is 0 Å². The average molecular weight is 947 g/mol. The highest BCUT2D eigenvalue weighted by Gasteiger charge is 2.38. The molecule has 13 heteroatoms. The van der Waals surface area contributed by atoms with Gasteiger partial charge in [0.25, 0.3) is 0 Å². The summed E-state index contributed by atoms with van der Waals surface area (Å²) in [5, 5.41) is 1.33. The van der Waals surface area contributed by atoms with E-state index in [1.807, 2.05) is 26.0 Å². The molecule has 2 aromatic carbocycles. The zero-order valence-corrected chi connectivity index (χ0v) is 41.3. The van der Waals surface area contributed by atoms with E-state index in [1.165, 1.54) is 0 Å². The van der Waals surface area contributed by atoms with E-state index in [1.54, 1.807) is 26.0 Å². The molecular weight excluding hydrogens is 869 g/mol. The third-order valence-electron chi connectivity index (χ3n) is 15.4. The third-order valence-corrected chi connectivity index (χ3v) is 15.4. The third kappa shape index (κ3) is 14.9. The van der Waals surface area contributed by atoms with Crippen LogP contribution in [-0.2, 0) is 47.7 Å². The first kappa shape index (κ1) is 52.7. The fraction of sp³-hybridized carbons (Fsp3) is 0.709. The Labute approximate surface area is 403 Å². The van der Waals surface area contributed by atoms with E-state index in [-0.39, 0.29) is 59.5 Å². The number of ether oxygens (including phenoxy) is 7. The Hall–Kier alpha value is -4.68. The lowest BCUT2D eigenvalue weighted by molar-refractivity contribution is -0.151. The number of carbonyl (C=O) groups is 6. The number of hydrogen-bond acceptors (Lipinski definition) is 13. The predicted molar refractivity (Wildman–Crippen MR) is 256 cm³/mol. The molecule has 0 aliphatic heterocycles. The second kappa shape index (κ2) is 26.9. The van der Waals surface area contributed by atoms with Crippen LogP contribution in [0.15, 0.2) is 24.3 Å². The second-order valence-corrected chi connectivity index (χ2v) is 19.8. The van der Waals surface area contributed by atoms with E-state index >= 15 is 0 Å². The second-order valence-electron chi connectivity index (χ2n) is 19.8. The lowest BCUT2D eigenvalue weighted by Gasteiger charge is -2.37. The van der Waals surface area contributed by atoms with Crippen molar-refractivity contribution in [1.82, 2.24) is 0 Å². The van der Waals surface area contributed by atoms with Crippen molar-refractivity contribution in [2.75, 3.05) is 33.0 Å². The lowest BCUT2D eigenvalue weighted by Crippen LogP contribution is -2.31. The molecule has 0 unspecified atom stereocenters. The number of fused-ring (bicyclic) bond motifs is 1. The Morgan fingerprint density at radius 3 is 1.09 bits per heavy atom. The number of hydrogen-bond donors (Lipinski definition) is 0. The maximum atomic E-state index is 13.8. The molecule has 0 amide bonds. The molecule has 4 aliphatic rings. The van der Waals surface area contributed by atoms with E-state index in [9.17, 15) is 28.8 Å². The number of aryl methyl sites for hydroxylation is 1. The molecule has 376 valence electrons. The van der Waals surface area contributed by atoms with Crippen LogP contribution in [0.1, 0.15) is 168 Å². The Kier molecular flexibility index (Phi) is 20.8. The van der Waals surface area contributed by atoms with Gasteiger partial charge in [0, 0.05) is 18.2 Å². The van der Waals surface area contributed by atoms with Gasteiger partial charge in [-0.2, -0.15) is 0 Å². The Bertz CT molecular complexity index is 1980. The molecule has 6 rings (SSSR count). The van der Waals surface area contributed by atoms with Crippen LogP contribution in [0.4, 0.5) is 0 Å². The fourth-order valence-electron chi connectivity index (χ4n) is 11.3. The normalized spacial score (nSPS) is 25.1. The van der Waals surface area contributed by atoms with Gasteiger partial charge in [-0.15, -0.1) is 0 Å². The van der Waals surface area contributed by atoms with E-state index in [0.29, 0.717) is 123 Å². The number of benzene rings is 2. The molecule has 2 aromatic rings. The summed E-state index contributed by atoms with van der Waals surface area (Å²) in [5.41, 5.74) is 0.886. The molecule has 4 aliphatic carbocycles. The van der Waals surface area contributed by atoms with E-state index in [4.69, 9.17) is 33.2 Å². The van der Waals surface area contributed by atoms with Crippen molar-refractivity contribution in [2.45, 2.75) is 169 Å². The minimum atomic E-state index is -0.251. The molecule has 13 nitrogen and oxygen atoms in total. The van der Waals surface area contributed by atoms with E-state index in [2.05, 4.69) is 0 Å². The van der Waals surface area contributed by atoms with Gasteiger partial charge in [0.2, 0.25) is 0 Å². The van der Waals surface area contributed by atoms with Crippen LogP contribution in [0.25, 0.3) is 10.8 Å². The molecule has 0 heterocycles. The molecule has 0 N–H and O–H groups in total. The molecule has 0 bridgehead atoms. The summed E-state index contributed by atoms with van der Waals surface area (Å²) < 4.78 is 39.8. The number of rotatable bonds is 22. The zero-order valence-electron chi connectivity index (χ0n) is 41.3. The van der Waals surface area contributed by atoms with Crippen LogP contribution in [0.5, 0.6) is 17.2 Å². The molecule has 4 fully saturated rings. The smallest absolute Gasteiger partial charge is 0.314 e. The topological polar surface area (TPSA) is 167 Å². The van der Waals surface area contributed by atoms with Crippen molar-refractivity contribution >= 4 is 46.6 Å². The van der Waals surface area contributed by atoms with Crippen molar-refractivity contribution in [1.29, 1.82) is 0 Å². The molecule has 68 heavy (non-hydrogen) atoms. The SMILES string of the molecule is CCOc1ccc(C)c2c(OC(=O)C3CCC(C4CCC(C(=O)OCCCCOC(=O)CC)CC4)CC3)ccc(OC(=O)C3CCC(C4CCC(C(=O)OCCCCOC(=O)CC)CC4)CC3)c12. The van der Waals surface area contributed by atoms with Crippen LogP contribution in [0.2, 0.25) is 0 Å². The molecule has 0 radical (unpaired) electrons. The van der Waals surface area contributed by atoms with Crippen molar-refractivity contribution in [3.8, 4) is 17.2 Å². The van der Waals surface area contributed by atoms with Gasteiger partial charge in [0.15, 0.2) is 0 Å².